The van der Waals surface area contributed by atoms with Gasteiger partial charge in [-0.1, -0.05) is 57.6 Å². The van der Waals surface area contributed by atoms with E-state index >= 15 is 0 Å². The van der Waals surface area contributed by atoms with E-state index in [-0.39, 0.29) is 5.43 Å². The Bertz CT molecular complexity index is 854. The lowest BCUT2D eigenvalue weighted by molar-refractivity contribution is 0.577. The van der Waals surface area contributed by atoms with Crippen molar-refractivity contribution in [2.75, 3.05) is 0 Å². The largest absolute Gasteiger partial charge is 0.455 e. The Balaban J connectivity index is 2.39. The van der Waals surface area contributed by atoms with Gasteiger partial charge in [0.05, 0.1) is 10.9 Å². The van der Waals surface area contributed by atoms with Crippen LogP contribution in [0.2, 0.25) is 0 Å². The second kappa shape index (κ2) is 5.47. The van der Waals surface area contributed by atoms with Gasteiger partial charge in [-0.3, -0.25) is 4.79 Å². The average Bonchev–Trinajstić information content (AvgIpc) is 2.46. The van der Waals surface area contributed by atoms with Gasteiger partial charge in [-0.05, 0) is 29.5 Å². The Kier molecular flexibility index (Phi) is 3.77. The highest BCUT2D eigenvalue weighted by molar-refractivity contribution is 7.80. The summed E-state index contributed by atoms with van der Waals surface area (Å²) < 4.78 is 6.14. The first-order valence-corrected chi connectivity index (χ1v) is 8.14. The standard InChI is InChI=1S/C19H20O2S/c1-10(2)12-8-15-17(16(22)9-12)18(20)14-7-5-6-13(11(3)4)19(14)21-15/h5-8,10-11H,9H2,1-4H3. The van der Waals surface area contributed by atoms with Crippen LogP contribution in [0.25, 0.3) is 17.0 Å². The van der Waals surface area contributed by atoms with Crippen LogP contribution in [0.5, 0.6) is 0 Å². The minimum absolute atomic E-state index is 0.00260. The molecule has 0 unspecified atom stereocenters. The maximum Gasteiger partial charge on any atom is 0.201 e. The van der Waals surface area contributed by atoms with E-state index in [1.807, 2.05) is 24.3 Å². The minimum atomic E-state index is 0.00260. The van der Waals surface area contributed by atoms with Crippen molar-refractivity contribution in [1.82, 2.24) is 0 Å². The molecule has 2 aromatic rings. The van der Waals surface area contributed by atoms with Gasteiger partial charge in [0, 0.05) is 11.3 Å². The summed E-state index contributed by atoms with van der Waals surface area (Å²) >= 11 is 5.49. The van der Waals surface area contributed by atoms with Crippen molar-refractivity contribution in [3.63, 3.8) is 0 Å². The van der Waals surface area contributed by atoms with Gasteiger partial charge in [0.15, 0.2) is 0 Å². The fourth-order valence-electron chi connectivity index (χ4n) is 2.94. The fourth-order valence-corrected chi connectivity index (χ4v) is 3.30. The van der Waals surface area contributed by atoms with E-state index in [0.29, 0.717) is 45.4 Å². The topological polar surface area (TPSA) is 30.2 Å². The van der Waals surface area contributed by atoms with Crippen LogP contribution < -0.4 is 5.43 Å². The summed E-state index contributed by atoms with van der Waals surface area (Å²) in [6, 6.07) is 5.77. The molecule has 0 bridgehead atoms. The Morgan fingerprint density at radius 3 is 2.50 bits per heavy atom. The van der Waals surface area contributed by atoms with Gasteiger partial charge in [0.1, 0.15) is 11.3 Å². The van der Waals surface area contributed by atoms with Crippen molar-refractivity contribution in [3.8, 4) is 0 Å². The smallest absolute Gasteiger partial charge is 0.201 e. The molecule has 1 aromatic heterocycles. The molecule has 0 aliphatic heterocycles. The van der Waals surface area contributed by atoms with Gasteiger partial charge < -0.3 is 4.42 Å². The van der Waals surface area contributed by atoms with Crippen LogP contribution in [0.15, 0.2) is 33.0 Å². The third kappa shape index (κ3) is 2.34. The van der Waals surface area contributed by atoms with Crippen molar-refractivity contribution in [3.05, 3.63) is 50.9 Å². The zero-order valence-electron chi connectivity index (χ0n) is 13.4. The number of hydrogen-bond donors (Lipinski definition) is 0. The van der Waals surface area contributed by atoms with Gasteiger partial charge in [0.2, 0.25) is 5.43 Å². The van der Waals surface area contributed by atoms with Crippen molar-refractivity contribution in [2.24, 2.45) is 5.92 Å². The number of para-hydroxylation sites is 1. The third-order valence-electron chi connectivity index (χ3n) is 4.30. The van der Waals surface area contributed by atoms with Gasteiger partial charge >= 0.3 is 0 Å². The first kappa shape index (κ1) is 15.2. The van der Waals surface area contributed by atoms with Crippen molar-refractivity contribution in [1.29, 1.82) is 0 Å². The summed E-state index contributed by atoms with van der Waals surface area (Å²) in [5, 5.41) is 0.633. The highest BCUT2D eigenvalue weighted by atomic mass is 32.1. The van der Waals surface area contributed by atoms with Crippen molar-refractivity contribution >= 4 is 34.1 Å². The molecular weight excluding hydrogens is 292 g/mol. The molecule has 0 fully saturated rings. The van der Waals surface area contributed by atoms with E-state index < -0.39 is 0 Å². The second-order valence-corrected chi connectivity index (χ2v) is 7.02. The summed E-state index contributed by atoms with van der Waals surface area (Å²) in [4.78, 5) is 13.6. The molecule has 3 heteroatoms. The van der Waals surface area contributed by atoms with Crippen molar-refractivity contribution < 1.29 is 4.42 Å². The van der Waals surface area contributed by atoms with Crippen molar-refractivity contribution in [2.45, 2.75) is 40.0 Å². The molecule has 1 heterocycles. The maximum atomic E-state index is 12.9. The summed E-state index contributed by atoms with van der Waals surface area (Å²) in [5.74, 6) is 1.33. The summed E-state index contributed by atoms with van der Waals surface area (Å²) in [5.41, 5.74) is 3.57. The molecule has 1 aliphatic carbocycles. The normalized spacial score (nSPS) is 14.6. The highest BCUT2D eigenvalue weighted by Crippen LogP contribution is 2.31. The molecule has 2 nitrogen and oxygen atoms in total. The Labute approximate surface area is 135 Å². The lowest BCUT2D eigenvalue weighted by atomic mass is 9.88. The van der Waals surface area contributed by atoms with Gasteiger partial charge in [0.25, 0.3) is 0 Å². The maximum absolute atomic E-state index is 12.9. The number of hydrogen-bond acceptors (Lipinski definition) is 3. The molecular formula is C19H20O2S. The van der Waals surface area contributed by atoms with E-state index in [0.717, 1.165) is 5.56 Å². The summed E-state index contributed by atoms with van der Waals surface area (Å²) in [6.45, 7) is 8.48. The van der Waals surface area contributed by atoms with E-state index in [1.54, 1.807) is 0 Å². The molecule has 3 rings (SSSR count). The minimum Gasteiger partial charge on any atom is -0.455 e. The highest BCUT2D eigenvalue weighted by Gasteiger charge is 2.24. The SMILES string of the molecule is CC(C)C1=Cc2oc3c(C(C)C)cccc3c(=O)c2C(=S)C1. The Morgan fingerprint density at radius 1 is 1.14 bits per heavy atom. The molecule has 0 saturated heterocycles. The molecule has 0 atom stereocenters. The first-order chi connectivity index (χ1) is 10.4. The zero-order valence-corrected chi connectivity index (χ0v) is 14.2. The molecule has 0 spiro atoms. The van der Waals surface area contributed by atoms with E-state index in [2.05, 4.69) is 27.7 Å². The molecule has 0 N–H and O–H groups in total. The Morgan fingerprint density at radius 2 is 1.86 bits per heavy atom. The Hall–Kier alpha value is -1.74. The van der Waals surface area contributed by atoms with Crippen LogP contribution in [0.4, 0.5) is 0 Å². The van der Waals surface area contributed by atoms with Crippen LogP contribution >= 0.6 is 12.2 Å². The van der Waals surface area contributed by atoms with Crippen LogP contribution in [-0.2, 0) is 0 Å². The lowest BCUT2D eigenvalue weighted by Crippen LogP contribution is -2.21. The monoisotopic (exact) mass is 312 g/mol. The predicted molar refractivity (Wildman–Crippen MR) is 95.7 cm³/mol. The summed E-state index contributed by atoms with van der Waals surface area (Å²) in [6.07, 6.45) is 2.69. The molecule has 0 radical (unpaired) electrons. The molecule has 0 amide bonds. The molecule has 1 aromatic carbocycles. The number of benzene rings is 1. The van der Waals surface area contributed by atoms with E-state index in [4.69, 9.17) is 16.6 Å². The second-order valence-electron chi connectivity index (χ2n) is 6.52. The van der Waals surface area contributed by atoms with Crippen LogP contribution in [-0.4, -0.2) is 4.86 Å². The molecule has 114 valence electrons. The average molecular weight is 312 g/mol. The van der Waals surface area contributed by atoms with E-state index in [9.17, 15) is 4.79 Å². The fraction of sp³-hybridized carbons (Fsp3) is 0.368. The lowest BCUT2D eigenvalue weighted by Gasteiger charge is -2.20. The predicted octanol–water partition coefficient (Wildman–Crippen LogP) is 5.08. The summed E-state index contributed by atoms with van der Waals surface area (Å²) in [7, 11) is 0. The number of rotatable bonds is 2. The van der Waals surface area contributed by atoms with Crippen LogP contribution in [0, 0.1) is 5.92 Å². The number of allylic oxidation sites excluding steroid dienone is 1. The van der Waals surface area contributed by atoms with Gasteiger partial charge in [-0.2, -0.15) is 0 Å². The molecule has 1 aliphatic rings. The van der Waals surface area contributed by atoms with E-state index in [1.165, 1.54) is 5.57 Å². The van der Waals surface area contributed by atoms with Crippen LogP contribution in [0.3, 0.4) is 0 Å². The van der Waals surface area contributed by atoms with Gasteiger partial charge in [-0.25, -0.2) is 0 Å². The van der Waals surface area contributed by atoms with Gasteiger partial charge in [-0.15, -0.1) is 0 Å². The number of thiocarbonyl (C=S) groups is 1. The molecule has 0 saturated carbocycles. The molecule has 22 heavy (non-hydrogen) atoms. The number of fused-ring (bicyclic) bond motifs is 2. The zero-order chi connectivity index (χ0) is 16.0. The quantitative estimate of drug-likeness (QED) is 0.725. The van der Waals surface area contributed by atoms with Crippen LogP contribution in [0.1, 0.15) is 56.9 Å². The first-order valence-electron chi connectivity index (χ1n) is 7.73. The third-order valence-corrected chi connectivity index (χ3v) is 4.65.